The number of methoxy groups -OCH3 is 1. The zero-order valence-corrected chi connectivity index (χ0v) is 10.8. The molecule has 0 bridgehead atoms. The van der Waals surface area contributed by atoms with Gasteiger partial charge in [-0.05, 0) is 37.3 Å². The molecule has 0 fully saturated rings. The molecule has 1 N–H and O–H groups in total. The van der Waals surface area contributed by atoms with E-state index in [1.807, 2.05) is 11.8 Å². The van der Waals surface area contributed by atoms with Gasteiger partial charge in [0.05, 0.1) is 6.61 Å². The normalized spacial score (nSPS) is 10.6. The summed E-state index contributed by atoms with van der Waals surface area (Å²) in [6, 6.07) is 10.6. The van der Waals surface area contributed by atoms with Crippen molar-refractivity contribution in [2.45, 2.75) is 17.7 Å². The summed E-state index contributed by atoms with van der Waals surface area (Å²) >= 11 is 1.94. The Balaban J connectivity index is 1.89. The molecule has 1 rings (SSSR count). The molecule has 1 aromatic carbocycles. The number of unbranched alkanes of at least 4 members (excludes halogenated alkanes) is 1. The van der Waals surface area contributed by atoms with E-state index < -0.39 is 0 Å². The van der Waals surface area contributed by atoms with Crippen molar-refractivity contribution in [3.05, 3.63) is 30.3 Å². The van der Waals surface area contributed by atoms with Gasteiger partial charge in [0.15, 0.2) is 0 Å². The van der Waals surface area contributed by atoms with Gasteiger partial charge in [0.2, 0.25) is 0 Å². The van der Waals surface area contributed by atoms with Crippen LogP contribution in [0.2, 0.25) is 0 Å². The molecule has 0 aromatic heterocycles. The third-order valence-electron chi connectivity index (χ3n) is 2.24. The Labute approximate surface area is 103 Å². The van der Waals surface area contributed by atoms with Gasteiger partial charge in [0, 0.05) is 18.6 Å². The van der Waals surface area contributed by atoms with Crippen molar-refractivity contribution in [3.8, 4) is 0 Å². The van der Waals surface area contributed by atoms with Gasteiger partial charge >= 0.3 is 0 Å². The van der Waals surface area contributed by atoms with Crippen LogP contribution in [0.4, 0.5) is 0 Å². The molecule has 0 radical (unpaired) electrons. The van der Waals surface area contributed by atoms with Crippen LogP contribution in [0.15, 0.2) is 35.2 Å². The van der Waals surface area contributed by atoms with Crippen LogP contribution in [0.3, 0.4) is 0 Å². The Morgan fingerprint density at radius 1 is 1.12 bits per heavy atom. The number of rotatable bonds is 9. The van der Waals surface area contributed by atoms with E-state index in [0.29, 0.717) is 0 Å². The third kappa shape index (κ3) is 6.88. The van der Waals surface area contributed by atoms with Crippen LogP contribution in [0.1, 0.15) is 12.8 Å². The molecule has 0 aliphatic rings. The molecule has 0 spiro atoms. The molecule has 0 aliphatic carbocycles. The zero-order valence-electron chi connectivity index (χ0n) is 9.95. The first kappa shape index (κ1) is 13.6. The van der Waals surface area contributed by atoms with Gasteiger partial charge in [-0.3, -0.25) is 0 Å². The summed E-state index contributed by atoms with van der Waals surface area (Å²) in [6.07, 6.45) is 2.50. The molecule has 2 nitrogen and oxygen atoms in total. The smallest absolute Gasteiger partial charge is 0.0587 e. The highest BCUT2D eigenvalue weighted by Crippen LogP contribution is 2.17. The highest BCUT2D eigenvalue weighted by molar-refractivity contribution is 7.99. The van der Waals surface area contributed by atoms with E-state index in [0.717, 1.165) is 19.7 Å². The van der Waals surface area contributed by atoms with Gasteiger partial charge in [0.1, 0.15) is 0 Å². The van der Waals surface area contributed by atoms with Crippen LogP contribution in [-0.2, 0) is 4.74 Å². The van der Waals surface area contributed by atoms with Crippen molar-refractivity contribution in [1.82, 2.24) is 5.32 Å². The number of nitrogens with one attached hydrogen (secondary N) is 1. The fraction of sp³-hybridized carbons (Fsp3) is 0.538. The lowest BCUT2D eigenvalue weighted by molar-refractivity contribution is 0.199. The van der Waals surface area contributed by atoms with Crippen molar-refractivity contribution in [3.63, 3.8) is 0 Å². The Bertz CT molecular complexity index is 253. The minimum Gasteiger partial charge on any atom is -0.383 e. The molecule has 0 atom stereocenters. The molecule has 16 heavy (non-hydrogen) atoms. The first-order valence-electron chi connectivity index (χ1n) is 5.81. The average molecular weight is 239 g/mol. The van der Waals surface area contributed by atoms with Crippen LogP contribution in [0, 0.1) is 0 Å². The van der Waals surface area contributed by atoms with Crippen molar-refractivity contribution in [2.75, 3.05) is 32.6 Å². The summed E-state index contributed by atoms with van der Waals surface area (Å²) in [5.41, 5.74) is 0. The number of ether oxygens (including phenoxy) is 1. The average Bonchev–Trinajstić information content (AvgIpc) is 2.34. The van der Waals surface area contributed by atoms with Crippen molar-refractivity contribution in [1.29, 1.82) is 0 Å². The molecular formula is C13H21NOS. The molecule has 0 saturated carbocycles. The number of thioether (sulfide) groups is 1. The van der Waals surface area contributed by atoms with Gasteiger partial charge in [-0.1, -0.05) is 18.2 Å². The first-order chi connectivity index (χ1) is 7.93. The Hall–Kier alpha value is -0.510. The third-order valence-corrected chi connectivity index (χ3v) is 3.34. The van der Waals surface area contributed by atoms with E-state index in [4.69, 9.17) is 4.74 Å². The van der Waals surface area contributed by atoms with E-state index in [1.54, 1.807) is 7.11 Å². The highest BCUT2D eigenvalue weighted by atomic mass is 32.2. The molecule has 0 aliphatic heterocycles. The lowest BCUT2D eigenvalue weighted by Crippen LogP contribution is -2.20. The van der Waals surface area contributed by atoms with Crippen LogP contribution >= 0.6 is 11.8 Å². The summed E-state index contributed by atoms with van der Waals surface area (Å²) in [5, 5.41) is 3.35. The predicted octanol–water partition coefficient (Wildman–Crippen LogP) is 2.79. The summed E-state index contributed by atoms with van der Waals surface area (Å²) in [6.45, 7) is 2.86. The SMILES string of the molecule is COCCNCCCCSc1ccccc1. The van der Waals surface area contributed by atoms with Crippen LogP contribution in [-0.4, -0.2) is 32.6 Å². The standard InChI is InChI=1S/C13H21NOS/c1-15-11-10-14-9-5-6-12-16-13-7-3-2-4-8-13/h2-4,7-8,14H,5-6,9-12H2,1H3. The van der Waals surface area contributed by atoms with Gasteiger partial charge in [-0.2, -0.15) is 0 Å². The predicted molar refractivity (Wildman–Crippen MR) is 71.1 cm³/mol. The molecule has 0 saturated heterocycles. The van der Waals surface area contributed by atoms with Gasteiger partial charge < -0.3 is 10.1 Å². The topological polar surface area (TPSA) is 21.3 Å². The quantitative estimate of drug-likeness (QED) is 0.529. The number of benzene rings is 1. The van der Waals surface area contributed by atoms with E-state index >= 15 is 0 Å². The molecule has 1 aromatic rings. The maximum Gasteiger partial charge on any atom is 0.0587 e. The minimum absolute atomic E-state index is 0.804. The van der Waals surface area contributed by atoms with Crippen molar-refractivity contribution in [2.24, 2.45) is 0 Å². The van der Waals surface area contributed by atoms with Crippen molar-refractivity contribution < 1.29 is 4.74 Å². The van der Waals surface area contributed by atoms with Crippen LogP contribution in [0.25, 0.3) is 0 Å². The van der Waals surface area contributed by atoms with Crippen LogP contribution < -0.4 is 5.32 Å². The second-order valence-corrected chi connectivity index (χ2v) is 4.78. The molecule has 0 unspecified atom stereocenters. The van der Waals surface area contributed by atoms with E-state index in [1.165, 1.54) is 23.5 Å². The maximum absolute atomic E-state index is 4.96. The molecule has 90 valence electrons. The van der Waals surface area contributed by atoms with E-state index in [9.17, 15) is 0 Å². The lowest BCUT2D eigenvalue weighted by Gasteiger charge is -2.04. The van der Waals surface area contributed by atoms with E-state index in [2.05, 4.69) is 35.6 Å². The number of hydrogen-bond donors (Lipinski definition) is 1. The highest BCUT2D eigenvalue weighted by Gasteiger charge is 1.93. The minimum atomic E-state index is 0.804. The Morgan fingerprint density at radius 3 is 2.69 bits per heavy atom. The number of hydrogen-bond acceptors (Lipinski definition) is 3. The fourth-order valence-electron chi connectivity index (χ4n) is 1.36. The zero-order chi connectivity index (χ0) is 11.5. The monoisotopic (exact) mass is 239 g/mol. The fourth-order valence-corrected chi connectivity index (χ4v) is 2.29. The Kier molecular flexibility index (Phi) is 8.22. The Morgan fingerprint density at radius 2 is 1.94 bits per heavy atom. The second-order valence-electron chi connectivity index (χ2n) is 3.61. The van der Waals surface area contributed by atoms with Gasteiger partial charge in [-0.25, -0.2) is 0 Å². The first-order valence-corrected chi connectivity index (χ1v) is 6.79. The lowest BCUT2D eigenvalue weighted by atomic mass is 10.3. The summed E-state index contributed by atoms with van der Waals surface area (Å²) in [7, 11) is 1.73. The molecule has 3 heteroatoms. The molecule has 0 heterocycles. The van der Waals surface area contributed by atoms with Gasteiger partial charge in [0.25, 0.3) is 0 Å². The maximum atomic E-state index is 4.96. The molecule has 0 amide bonds. The summed E-state index contributed by atoms with van der Waals surface area (Å²) < 4.78 is 4.96. The largest absolute Gasteiger partial charge is 0.383 e. The summed E-state index contributed by atoms with van der Waals surface area (Å²) in [5.74, 6) is 1.20. The van der Waals surface area contributed by atoms with Crippen LogP contribution in [0.5, 0.6) is 0 Å². The summed E-state index contributed by atoms with van der Waals surface area (Å²) in [4.78, 5) is 1.37. The van der Waals surface area contributed by atoms with Crippen molar-refractivity contribution >= 4 is 11.8 Å². The van der Waals surface area contributed by atoms with E-state index in [-0.39, 0.29) is 0 Å². The second kappa shape index (κ2) is 9.70. The van der Waals surface area contributed by atoms with Gasteiger partial charge in [-0.15, -0.1) is 11.8 Å². The molecular weight excluding hydrogens is 218 g/mol.